The predicted molar refractivity (Wildman–Crippen MR) is 314 cm³/mol. The number of para-hydroxylation sites is 2. The standard InChI is InChI=1S/C30H35N2O4.2C16H13N5O4.Cr/c1-5-31(6-2)21-13-15-25-27(19-21)36-28-20-22(32(7-3)8-4)14-16-26(28)29(25)23-11-9-10-12-24(23)30(34)35-18-17-33;2*1-10-15(16(23)20(19-10)11-5-3-2-4-6-11)18-17-13-9-12(21(24)25)7-8-14(13)22;/h9-16,19-20,33H,5-8,17-18H2,1-4H3;2*2-9,22-23H,1H3;/q+1;;;+3/p-4. The van der Waals surface area contributed by atoms with Crippen molar-refractivity contribution in [2.45, 2.75) is 41.5 Å². The fraction of sp³-hybridized carbons (Fsp3) is 0.194. The summed E-state index contributed by atoms with van der Waals surface area (Å²) in [5, 5.41) is 104. The van der Waals surface area contributed by atoms with E-state index in [1.54, 1.807) is 68.4 Å². The third-order valence-electron chi connectivity index (χ3n) is 13.5. The van der Waals surface area contributed by atoms with Gasteiger partial charge in [0.15, 0.2) is 0 Å². The van der Waals surface area contributed by atoms with Crippen molar-refractivity contribution in [1.82, 2.24) is 24.1 Å². The number of aliphatic hydroxyl groups excluding tert-OH is 1. The molecule has 3 heterocycles. The van der Waals surface area contributed by atoms with Gasteiger partial charge in [-0.1, -0.05) is 78.2 Å². The van der Waals surface area contributed by atoms with Gasteiger partial charge in [0.2, 0.25) is 5.36 Å². The number of carbonyl (C=O) groups excluding carboxylic acids is 1. The van der Waals surface area contributed by atoms with Gasteiger partial charge < -0.3 is 39.6 Å². The fourth-order valence-electron chi connectivity index (χ4n) is 9.14. The quantitative estimate of drug-likeness (QED) is 0.0221. The molecule has 25 heteroatoms. The third-order valence-corrected chi connectivity index (χ3v) is 13.5. The molecule has 1 aliphatic carbocycles. The summed E-state index contributed by atoms with van der Waals surface area (Å²) in [7, 11) is 0. The second-order valence-corrected chi connectivity index (χ2v) is 18.8. The number of nitrogens with zero attached hydrogens (tertiary/aromatic N) is 12. The average molecular weight is 1210 g/mol. The van der Waals surface area contributed by atoms with Gasteiger partial charge in [-0.3, -0.25) is 20.2 Å². The van der Waals surface area contributed by atoms with Crippen molar-refractivity contribution in [1.29, 1.82) is 0 Å². The predicted octanol–water partition coefficient (Wildman–Crippen LogP) is 10.3. The van der Waals surface area contributed by atoms with Crippen LogP contribution >= 0.6 is 0 Å². The zero-order valence-corrected chi connectivity index (χ0v) is 49.2. The Balaban J connectivity index is 0.000000190. The first-order chi connectivity index (χ1) is 41.5. The minimum atomic E-state index is -0.643. The van der Waals surface area contributed by atoms with Crippen molar-refractivity contribution in [3.05, 3.63) is 200 Å². The first-order valence-corrected chi connectivity index (χ1v) is 27.1. The third kappa shape index (κ3) is 14.7. The van der Waals surface area contributed by atoms with Gasteiger partial charge in [-0.2, -0.15) is 20.4 Å². The van der Waals surface area contributed by atoms with E-state index in [1.165, 1.54) is 9.36 Å². The number of carbonyl (C=O) groups is 1. The molecule has 0 fully saturated rings. The van der Waals surface area contributed by atoms with Crippen LogP contribution in [-0.2, 0) is 22.1 Å². The summed E-state index contributed by atoms with van der Waals surface area (Å²) in [5.74, 6) is -1.75. The Morgan fingerprint density at radius 3 is 1.61 bits per heavy atom. The molecular weight excluding hydrogens is 1160 g/mol. The molecule has 10 rings (SSSR count). The van der Waals surface area contributed by atoms with E-state index < -0.39 is 39.1 Å². The van der Waals surface area contributed by atoms with Gasteiger partial charge in [0, 0.05) is 83.4 Å². The molecule has 0 atom stereocenters. The van der Waals surface area contributed by atoms with Crippen LogP contribution in [0.5, 0.6) is 23.3 Å². The first-order valence-electron chi connectivity index (χ1n) is 27.1. The number of fused-ring (bicyclic) bond motifs is 2. The number of non-ortho nitro benzene ring substituents is 2. The number of hydrogen-bond donors (Lipinski definition) is 1. The van der Waals surface area contributed by atoms with Crippen LogP contribution in [0.25, 0.3) is 44.8 Å². The molecule has 0 spiro atoms. The van der Waals surface area contributed by atoms with Crippen LogP contribution in [0, 0.1) is 34.1 Å². The number of nitro benzene ring substituents is 2. The Bertz CT molecular complexity index is 4020. The van der Waals surface area contributed by atoms with E-state index in [-0.39, 0.29) is 64.7 Å². The summed E-state index contributed by atoms with van der Waals surface area (Å²) in [6.07, 6.45) is 0. The number of esters is 1. The molecule has 0 saturated heterocycles. The first kappa shape index (κ1) is 64.0. The Kier molecular flexibility index (Phi) is 21.5. The largest absolute Gasteiger partial charge is 3.00 e. The molecule has 1 N–H and O–H groups in total. The van der Waals surface area contributed by atoms with Crippen LogP contribution in [0.3, 0.4) is 0 Å². The Labute approximate surface area is 509 Å². The molecule has 0 bridgehead atoms. The molecule has 2 aliphatic rings. The smallest absolute Gasteiger partial charge is 0.871 e. The zero-order chi connectivity index (χ0) is 61.6. The maximum atomic E-state index is 12.9. The second kappa shape index (κ2) is 29.3. The molecule has 0 unspecified atom stereocenters. The van der Waals surface area contributed by atoms with Crippen molar-refractivity contribution in [2.24, 2.45) is 20.5 Å². The van der Waals surface area contributed by atoms with Crippen molar-refractivity contribution in [3.8, 4) is 57.1 Å². The molecule has 443 valence electrons. The van der Waals surface area contributed by atoms with Crippen molar-refractivity contribution in [2.75, 3.05) is 44.3 Å². The molecule has 1 aliphatic heterocycles. The summed E-state index contributed by atoms with van der Waals surface area (Å²) in [6.45, 7) is 15.1. The molecule has 6 aromatic carbocycles. The van der Waals surface area contributed by atoms with Gasteiger partial charge >= 0.3 is 23.3 Å². The topological polar surface area (TPSA) is 330 Å². The number of benzene rings is 7. The Hall–Kier alpha value is -10.6. The van der Waals surface area contributed by atoms with Crippen LogP contribution in [-0.4, -0.2) is 79.9 Å². The van der Waals surface area contributed by atoms with Crippen LogP contribution in [0.4, 0.5) is 39.8 Å². The van der Waals surface area contributed by atoms with E-state index >= 15 is 0 Å². The van der Waals surface area contributed by atoms with Gasteiger partial charge in [0.05, 0.1) is 62.2 Å². The maximum Gasteiger partial charge on any atom is 3.00 e. The molecule has 0 saturated carbocycles. The number of aryl methyl sites for hydroxylation is 2. The van der Waals surface area contributed by atoms with E-state index in [0.717, 1.165) is 107 Å². The number of rotatable bonds is 17. The zero-order valence-electron chi connectivity index (χ0n) is 48.0. The second-order valence-electron chi connectivity index (χ2n) is 18.8. The van der Waals surface area contributed by atoms with E-state index in [1.807, 2.05) is 30.3 Å². The Morgan fingerprint density at radius 2 is 1.13 bits per heavy atom. The van der Waals surface area contributed by atoms with E-state index in [4.69, 9.17) is 14.3 Å². The maximum absolute atomic E-state index is 12.9. The molecular formula is C62H57CrN12O12. The number of ether oxygens (including phenoxy) is 1. The summed E-state index contributed by atoms with van der Waals surface area (Å²) >= 11 is 0. The van der Waals surface area contributed by atoms with Gasteiger partial charge in [0.1, 0.15) is 42.4 Å². The number of azo groups is 2. The molecule has 2 aromatic heterocycles. The number of hydrogen-bond acceptors (Lipinski definition) is 19. The summed E-state index contributed by atoms with van der Waals surface area (Å²) in [6, 6.07) is 43.8. The molecule has 1 radical (unpaired) electrons. The summed E-state index contributed by atoms with van der Waals surface area (Å²) < 4.78 is 16.5. The number of nitro groups is 2. The molecule has 8 aromatic rings. The molecule has 0 amide bonds. The van der Waals surface area contributed by atoms with Gasteiger partial charge in [0.25, 0.3) is 11.4 Å². The van der Waals surface area contributed by atoms with Crippen LogP contribution in [0.2, 0.25) is 0 Å². The van der Waals surface area contributed by atoms with Crippen LogP contribution in [0.15, 0.2) is 183 Å². The van der Waals surface area contributed by atoms with E-state index in [9.17, 15) is 45.4 Å². The van der Waals surface area contributed by atoms with E-state index in [2.05, 4.69) is 104 Å². The van der Waals surface area contributed by atoms with Gasteiger partial charge in [-0.15, -0.1) is 10.2 Å². The fourth-order valence-corrected chi connectivity index (χ4v) is 9.14. The van der Waals surface area contributed by atoms with Gasteiger partial charge in [-0.25, -0.2) is 18.7 Å². The van der Waals surface area contributed by atoms with Crippen LogP contribution in [0.1, 0.15) is 49.4 Å². The molecule has 24 nitrogen and oxygen atoms in total. The monoisotopic (exact) mass is 1210 g/mol. The minimum absolute atomic E-state index is 0. The van der Waals surface area contributed by atoms with Crippen molar-refractivity contribution < 1.29 is 66.7 Å². The number of anilines is 1. The van der Waals surface area contributed by atoms with Crippen molar-refractivity contribution in [3.63, 3.8) is 0 Å². The molecule has 87 heavy (non-hydrogen) atoms. The number of aromatic nitrogens is 4. The van der Waals surface area contributed by atoms with Gasteiger partial charge in [-0.05, 0) is 95.6 Å². The summed E-state index contributed by atoms with van der Waals surface area (Å²) in [5.41, 5.74) is 5.66. The number of aliphatic hydroxyl groups is 1. The van der Waals surface area contributed by atoms with E-state index in [0.29, 0.717) is 28.3 Å². The Morgan fingerprint density at radius 1 is 0.621 bits per heavy atom. The average Bonchev–Trinajstić information content (AvgIpc) is 2.17. The SMILES string of the molecule is CCN(CC)c1ccc2c(-c3ccccc3C(=O)OCCO)c3ccc(=[N+](CC)CC)cc-3oc2c1.Cc1nn(-c2ccccc2)c([O-])c1N=Nc1cc([N+](=O)[O-])ccc1[O-].Cc1nn(-c2ccccc2)c([O-])c1N=Nc1cc([N+](=O)[O-])ccc1[O-].[Cr+3]. The summed E-state index contributed by atoms with van der Waals surface area (Å²) in [4.78, 5) is 35.5. The minimum Gasteiger partial charge on any atom is -0.871 e. The normalized spacial score (nSPS) is 11.0. The van der Waals surface area contributed by atoms with Crippen molar-refractivity contribution >= 4 is 56.8 Å². The van der Waals surface area contributed by atoms with Crippen LogP contribution < -0.4 is 35.3 Å².